The molecular weight excluding hydrogens is 367 g/mol. The fourth-order valence-electron chi connectivity index (χ4n) is 2.33. The number of carbonyl (C=O) groups excluding carboxylic acids is 1. The van der Waals surface area contributed by atoms with Crippen molar-refractivity contribution in [2.75, 3.05) is 11.1 Å². The lowest BCUT2D eigenvalue weighted by atomic mass is 10.1. The Morgan fingerprint density at radius 1 is 1.33 bits per heavy atom. The molecule has 7 nitrogen and oxygen atoms in total. The molecule has 0 radical (unpaired) electrons. The van der Waals surface area contributed by atoms with E-state index in [0.29, 0.717) is 22.6 Å². The first-order valence-corrected chi connectivity index (χ1v) is 8.98. The van der Waals surface area contributed by atoms with Crippen LogP contribution in [0.25, 0.3) is 11.4 Å². The van der Waals surface area contributed by atoms with Gasteiger partial charge in [-0.25, -0.2) is 4.39 Å². The molecule has 1 amide bonds. The van der Waals surface area contributed by atoms with Gasteiger partial charge in [0.2, 0.25) is 11.7 Å². The van der Waals surface area contributed by atoms with Gasteiger partial charge < -0.3 is 5.32 Å². The fourth-order valence-corrected chi connectivity index (χ4v) is 3.00. The highest BCUT2D eigenvalue weighted by Crippen LogP contribution is 2.26. The van der Waals surface area contributed by atoms with Crippen molar-refractivity contribution >= 4 is 23.4 Å². The first kappa shape index (κ1) is 18.5. The number of tetrazole rings is 1. The second kappa shape index (κ2) is 8.42. The molecule has 0 saturated heterocycles. The van der Waals surface area contributed by atoms with Crippen molar-refractivity contribution in [2.45, 2.75) is 18.4 Å². The number of halogens is 1. The minimum absolute atomic E-state index is 0.121. The van der Waals surface area contributed by atoms with Gasteiger partial charge in [-0.05, 0) is 48.0 Å². The van der Waals surface area contributed by atoms with E-state index in [1.54, 1.807) is 31.2 Å². The zero-order valence-electron chi connectivity index (χ0n) is 14.4. The third-order valence-corrected chi connectivity index (χ3v) is 4.55. The van der Waals surface area contributed by atoms with Crippen LogP contribution in [0.4, 0.5) is 10.1 Å². The Morgan fingerprint density at radius 3 is 2.93 bits per heavy atom. The van der Waals surface area contributed by atoms with Crippen molar-refractivity contribution in [3.8, 4) is 17.5 Å². The summed E-state index contributed by atoms with van der Waals surface area (Å²) in [7, 11) is 0. The number of nitrogens with one attached hydrogen (secondary N) is 1. The van der Waals surface area contributed by atoms with Crippen molar-refractivity contribution < 1.29 is 9.18 Å². The number of benzene rings is 2. The normalized spacial score (nSPS) is 10.4. The third kappa shape index (κ3) is 4.68. The van der Waals surface area contributed by atoms with Gasteiger partial charge in [-0.3, -0.25) is 4.79 Å². The van der Waals surface area contributed by atoms with Crippen molar-refractivity contribution in [3.05, 3.63) is 53.8 Å². The highest BCUT2D eigenvalue weighted by molar-refractivity contribution is 7.99. The molecule has 3 rings (SSSR count). The number of aromatic nitrogens is 4. The minimum Gasteiger partial charge on any atom is -0.323 e. The molecule has 0 aliphatic rings. The van der Waals surface area contributed by atoms with Crippen LogP contribution in [0.3, 0.4) is 0 Å². The van der Waals surface area contributed by atoms with Crippen LogP contribution in [0.1, 0.15) is 5.56 Å². The molecule has 0 aliphatic carbocycles. The quantitative estimate of drug-likeness (QED) is 0.658. The van der Waals surface area contributed by atoms with Gasteiger partial charge in [-0.2, -0.15) is 10.1 Å². The lowest BCUT2D eigenvalue weighted by Crippen LogP contribution is -2.20. The topological polar surface area (TPSA) is 96.5 Å². The smallest absolute Gasteiger partial charge is 0.248 e. The molecule has 0 saturated carbocycles. The summed E-state index contributed by atoms with van der Waals surface area (Å²) in [5.41, 5.74) is 1.73. The lowest BCUT2D eigenvalue weighted by molar-refractivity contribution is -0.117. The van der Waals surface area contributed by atoms with E-state index in [-0.39, 0.29) is 24.0 Å². The van der Waals surface area contributed by atoms with Crippen LogP contribution >= 0.6 is 11.8 Å². The van der Waals surface area contributed by atoms with Crippen LogP contribution in [0.15, 0.2) is 47.4 Å². The lowest BCUT2D eigenvalue weighted by Gasteiger charge is -2.09. The molecule has 0 fully saturated rings. The highest BCUT2D eigenvalue weighted by Gasteiger charge is 2.12. The molecule has 1 N–H and O–H groups in total. The van der Waals surface area contributed by atoms with E-state index >= 15 is 0 Å². The van der Waals surface area contributed by atoms with E-state index in [0.717, 1.165) is 4.90 Å². The zero-order chi connectivity index (χ0) is 19.2. The van der Waals surface area contributed by atoms with Crippen LogP contribution in [0.2, 0.25) is 0 Å². The maximum Gasteiger partial charge on any atom is 0.248 e. The number of nitrogens with zero attached hydrogens (tertiary/aromatic N) is 5. The fraction of sp³-hybridized carbons (Fsp3) is 0.167. The molecule has 9 heteroatoms. The Hall–Kier alpha value is -3.25. The van der Waals surface area contributed by atoms with E-state index in [9.17, 15) is 9.18 Å². The molecule has 27 heavy (non-hydrogen) atoms. The molecule has 136 valence electrons. The Bertz CT molecular complexity index is 1010. The van der Waals surface area contributed by atoms with Crippen LogP contribution in [-0.4, -0.2) is 31.9 Å². The Balaban J connectivity index is 1.68. The SMILES string of the molecule is Cc1cc(-c2nnn(CC(=O)Nc3ccccc3SCC#N)n2)ccc1F. The van der Waals surface area contributed by atoms with E-state index in [1.165, 1.54) is 22.6 Å². The predicted molar refractivity (Wildman–Crippen MR) is 99.4 cm³/mol. The molecule has 3 aromatic rings. The summed E-state index contributed by atoms with van der Waals surface area (Å²) in [5.74, 6) is -0.0219. The summed E-state index contributed by atoms with van der Waals surface area (Å²) >= 11 is 1.34. The van der Waals surface area contributed by atoms with E-state index < -0.39 is 0 Å². The van der Waals surface area contributed by atoms with Gasteiger partial charge in [-0.1, -0.05) is 12.1 Å². The molecule has 1 heterocycles. The van der Waals surface area contributed by atoms with Crippen LogP contribution < -0.4 is 5.32 Å². The first-order chi connectivity index (χ1) is 13.1. The number of hydrogen-bond acceptors (Lipinski definition) is 6. The summed E-state index contributed by atoms with van der Waals surface area (Å²) in [6.07, 6.45) is 0. The van der Waals surface area contributed by atoms with E-state index in [1.807, 2.05) is 12.1 Å². The molecular formula is C18H15FN6OS. The van der Waals surface area contributed by atoms with Crippen LogP contribution in [0, 0.1) is 24.1 Å². The van der Waals surface area contributed by atoms with Gasteiger partial charge >= 0.3 is 0 Å². The molecule has 0 atom stereocenters. The molecule has 0 aliphatic heterocycles. The summed E-state index contributed by atoms with van der Waals surface area (Å²) in [6, 6.07) is 13.8. The molecule has 0 spiro atoms. The van der Waals surface area contributed by atoms with Gasteiger partial charge in [0.25, 0.3) is 0 Å². The van der Waals surface area contributed by atoms with Crippen molar-refractivity contribution in [1.82, 2.24) is 20.2 Å². The largest absolute Gasteiger partial charge is 0.323 e. The third-order valence-electron chi connectivity index (χ3n) is 3.61. The number of nitriles is 1. The summed E-state index contributed by atoms with van der Waals surface area (Å²) in [5, 5.41) is 23.5. The number of rotatable bonds is 6. The number of aryl methyl sites for hydroxylation is 1. The Morgan fingerprint density at radius 2 is 2.15 bits per heavy atom. The second-order valence-electron chi connectivity index (χ2n) is 5.60. The minimum atomic E-state index is -0.320. The number of para-hydroxylation sites is 1. The summed E-state index contributed by atoms with van der Waals surface area (Å²) in [4.78, 5) is 14.3. The maximum absolute atomic E-state index is 13.4. The van der Waals surface area contributed by atoms with E-state index in [2.05, 4.69) is 26.8 Å². The Kier molecular flexibility index (Phi) is 5.78. The molecule has 2 aromatic carbocycles. The van der Waals surface area contributed by atoms with Crippen molar-refractivity contribution in [3.63, 3.8) is 0 Å². The number of thioether (sulfide) groups is 1. The van der Waals surface area contributed by atoms with Crippen LogP contribution in [-0.2, 0) is 11.3 Å². The van der Waals surface area contributed by atoms with Crippen molar-refractivity contribution in [1.29, 1.82) is 5.26 Å². The monoisotopic (exact) mass is 382 g/mol. The Labute approximate surface area is 159 Å². The average Bonchev–Trinajstić information content (AvgIpc) is 3.11. The second-order valence-corrected chi connectivity index (χ2v) is 6.62. The summed E-state index contributed by atoms with van der Waals surface area (Å²) < 4.78 is 13.4. The predicted octanol–water partition coefficient (Wildman–Crippen LogP) is 3.04. The average molecular weight is 382 g/mol. The van der Waals surface area contributed by atoms with Gasteiger partial charge in [0, 0.05) is 10.5 Å². The number of carbonyl (C=O) groups is 1. The first-order valence-electron chi connectivity index (χ1n) is 8.00. The molecule has 1 aromatic heterocycles. The molecule has 0 bridgehead atoms. The number of anilines is 1. The number of amides is 1. The summed E-state index contributed by atoms with van der Waals surface area (Å²) in [6.45, 7) is 1.53. The van der Waals surface area contributed by atoms with Crippen LogP contribution in [0.5, 0.6) is 0 Å². The van der Waals surface area contributed by atoms with Gasteiger partial charge in [0.1, 0.15) is 12.4 Å². The standard InChI is InChI=1S/C18H15FN6OS/c1-12-10-13(6-7-14(12)19)18-22-24-25(23-18)11-17(26)21-15-4-2-3-5-16(15)27-9-8-20/h2-7,10H,9,11H2,1H3,(H,21,26). The van der Waals surface area contributed by atoms with Crippen molar-refractivity contribution in [2.24, 2.45) is 0 Å². The van der Waals surface area contributed by atoms with Gasteiger partial charge in [0.15, 0.2) is 0 Å². The molecule has 0 unspecified atom stereocenters. The van der Waals surface area contributed by atoms with Gasteiger partial charge in [0.05, 0.1) is 17.5 Å². The highest BCUT2D eigenvalue weighted by atomic mass is 32.2. The maximum atomic E-state index is 13.4. The van der Waals surface area contributed by atoms with E-state index in [4.69, 9.17) is 5.26 Å². The van der Waals surface area contributed by atoms with Gasteiger partial charge in [-0.15, -0.1) is 22.0 Å². The zero-order valence-corrected chi connectivity index (χ0v) is 15.2. The number of hydrogen-bond donors (Lipinski definition) is 1.